The van der Waals surface area contributed by atoms with Gasteiger partial charge in [-0.1, -0.05) is 31.2 Å². The standard InChI is InChI=1S/C12H22O/c1-4-5-6-7-8-9-10-11-12(2,3)13/h5-6,9-10,13H,4,7-8,11H2,1-3H3/b6-5+,10-9+. The van der Waals surface area contributed by atoms with E-state index in [1.165, 1.54) is 0 Å². The summed E-state index contributed by atoms with van der Waals surface area (Å²) in [6.45, 7) is 5.79. The summed E-state index contributed by atoms with van der Waals surface area (Å²) in [6.07, 6.45) is 12.6. The number of unbranched alkanes of at least 4 members (excludes halogenated alkanes) is 1. The molecule has 0 aromatic carbocycles. The predicted octanol–water partition coefficient (Wildman–Crippen LogP) is 3.45. The fourth-order valence-electron chi connectivity index (χ4n) is 0.967. The molecule has 0 unspecified atom stereocenters. The van der Waals surface area contributed by atoms with E-state index in [0.717, 1.165) is 25.7 Å². The normalized spacial score (nSPS) is 13.2. The topological polar surface area (TPSA) is 20.2 Å². The maximum atomic E-state index is 9.39. The highest BCUT2D eigenvalue weighted by molar-refractivity contribution is 4.90. The van der Waals surface area contributed by atoms with E-state index in [4.69, 9.17) is 0 Å². The van der Waals surface area contributed by atoms with E-state index in [1.807, 2.05) is 13.8 Å². The minimum Gasteiger partial charge on any atom is -0.390 e. The van der Waals surface area contributed by atoms with E-state index in [1.54, 1.807) is 0 Å². The third-order valence-electron chi connectivity index (χ3n) is 1.69. The van der Waals surface area contributed by atoms with Gasteiger partial charge in [0.25, 0.3) is 0 Å². The fourth-order valence-corrected chi connectivity index (χ4v) is 0.967. The first kappa shape index (κ1) is 12.4. The molecule has 1 nitrogen and oxygen atoms in total. The number of aliphatic hydroxyl groups is 1. The number of hydrogen-bond donors (Lipinski definition) is 1. The Morgan fingerprint density at radius 1 is 1.00 bits per heavy atom. The fraction of sp³-hybridized carbons (Fsp3) is 0.667. The van der Waals surface area contributed by atoms with Gasteiger partial charge in [-0.25, -0.2) is 0 Å². The molecular weight excluding hydrogens is 160 g/mol. The van der Waals surface area contributed by atoms with Gasteiger partial charge < -0.3 is 5.11 Å². The second-order valence-corrected chi connectivity index (χ2v) is 3.94. The maximum absolute atomic E-state index is 9.39. The number of hydrogen-bond acceptors (Lipinski definition) is 1. The molecular formula is C12H22O. The second-order valence-electron chi connectivity index (χ2n) is 3.94. The number of allylic oxidation sites excluding steroid dienone is 3. The highest BCUT2D eigenvalue weighted by Crippen LogP contribution is 2.08. The van der Waals surface area contributed by atoms with Crippen LogP contribution < -0.4 is 0 Å². The van der Waals surface area contributed by atoms with E-state index in [9.17, 15) is 5.11 Å². The van der Waals surface area contributed by atoms with Crippen molar-refractivity contribution in [3.8, 4) is 0 Å². The lowest BCUT2D eigenvalue weighted by Gasteiger charge is -2.13. The minimum absolute atomic E-state index is 0.560. The van der Waals surface area contributed by atoms with Gasteiger partial charge >= 0.3 is 0 Å². The summed E-state index contributed by atoms with van der Waals surface area (Å²) in [5.41, 5.74) is -0.560. The van der Waals surface area contributed by atoms with Crippen LogP contribution in [0.3, 0.4) is 0 Å². The summed E-state index contributed by atoms with van der Waals surface area (Å²) >= 11 is 0. The molecule has 0 atom stereocenters. The lowest BCUT2D eigenvalue weighted by Crippen LogP contribution is -2.16. The van der Waals surface area contributed by atoms with E-state index in [0.29, 0.717) is 0 Å². The molecule has 0 saturated heterocycles. The molecule has 1 N–H and O–H groups in total. The van der Waals surface area contributed by atoms with Crippen molar-refractivity contribution in [2.75, 3.05) is 0 Å². The van der Waals surface area contributed by atoms with Crippen molar-refractivity contribution < 1.29 is 5.11 Å². The zero-order chi connectivity index (χ0) is 10.2. The van der Waals surface area contributed by atoms with E-state index < -0.39 is 5.60 Å². The number of rotatable bonds is 6. The van der Waals surface area contributed by atoms with Gasteiger partial charge in [0.2, 0.25) is 0 Å². The molecule has 0 aliphatic carbocycles. The molecule has 1 heteroatoms. The lowest BCUT2D eigenvalue weighted by molar-refractivity contribution is 0.0838. The molecule has 0 saturated carbocycles. The average Bonchev–Trinajstić information content (AvgIpc) is 2.01. The van der Waals surface area contributed by atoms with Gasteiger partial charge in [0, 0.05) is 0 Å². The first-order valence-electron chi connectivity index (χ1n) is 5.08. The van der Waals surface area contributed by atoms with Gasteiger partial charge in [-0.3, -0.25) is 0 Å². The monoisotopic (exact) mass is 182 g/mol. The Morgan fingerprint density at radius 2 is 1.54 bits per heavy atom. The molecule has 0 aliphatic rings. The summed E-state index contributed by atoms with van der Waals surface area (Å²) < 4.78 is 0. The van der Waals surface area contributed by atoms with Crippen LogP contribution >= 0.6 is 0 Å². The van der Waals surface area contributed by atoms with Crippen molar-refractivity contribution in [2.45, 2.75) is 52.1 Å². The molecule has 0 spiro atoms. The zero-order valence-corrected chi connectivity index (χ0v) is 9.09. The quantitative estimate of drug-likeness (QED) is 0.493. The predicted molar refractivity (Wildman–Crippen MR) is 58.7 cm³/mol. The molecule has 0 heterocycles. The van der Waals surface area contributed by atoms with Gasteiger partial charge in [-0.2, -0.15) is 0 Å². The lowest BCUT2D eigenvalue weighted by atomic mass is 10.1. The Morgan fingerprint density at radius 3 is 2.00 bits per heavy atom. The Kier molecular flexibility index (Phi) is 6.61. The van der Waals surface area contributed by atoms with Gasteiger partial charge in [0.15, 0.2) is 0 Å². The SMILES string of the molecule is CC/C=C/CC/C=C/CC(C)(C)O. The Hall–Kier alpha value is -0.560. The van der Waals surface area contributed by atoms with Crippen LogP contribution in [0.4, 0.5) is 0 Å². The molecule has 13 heavy (non-hydrogen) atoms. The summed E-state index contributed by atoms with van der Waals surface area (Å²) in [4.78, 5) is 0. The van der Waals surface area contributed by atoms with Crippen molar-refractivity contribution in [3.63, 3.8) is 0 Å². The van der Waals surface area contributed by atoms with E-state index in [2.05, 4.69) is 31.2 Å². The summed E-state index contributed by atoms with van der Waals surface area (Å²) in [6, 6.07) is 0. The summed E-state index contributed by atoms with van der Waals surface area (Å²) in [5.74, 6) is 0. The highest BCUT2D eigenvalue weighted by Gasteiger charge is 2.08. The van der Waals surface area contributed by atoms with Crippen molar-refractivity contribution in [1.29, 1.82) is 0 Å². The molecule has 0 amide bonds. The minimum atomic E-state index is -0.560. The first-order chi connectivity index (χ1) is 6.06. The Labute approximate surface area is 82.2 Å². The van der Waals surface area contributed by atoms with Crippen molar-refractivity contribution in [3.05, 3.63) is 24.3 Å². The van der Waals surface area contributed by atoms with Gasteiger partial charge in [0.05, 0.1) is 5.60 Å². The third-order valence-corrected chi connectivity index (χ3v) is 1.69. The van der Waals surface area contributed by atoms with Gasteiger partial charge in [-0.15, -0.1) is 0 Å². The van der Waals surface area contributed by atoms with Crippen LogP contribution in [0, 0.1) is 0 Å². The summed E-state index contributed by atoms with van der Waals surface area (Å²) in [7, 11) is 0. The highest BCUT2D eigenvalue weighted by atomic mass is 16.3. The molecule has 0 aliphatic heterocycles. The maximum Gasteiger partial charge on any atom is 0.0626 e. The van der Waals surface area contributed by atoms with Crippen LogP contribution in [0.5, 0.6) is 0 Å². The zero-order valence-electron chi connectivity index (χ0n) is 9.09. The third kappa shape index (κ3) is 11.4. The van der Waals surface area contributed by atoms with Crippen LogP contribution in [0.15, 0.2) is 24.3 Å². The van der Waals surface area contributed by atoms with Gasteiger partial charge in [0.1, 0.15) is 0 Å². The van der Waals surface area contributed by atoms with Gasteiger partial charge in [-0.05, 0) is 39.5 Å². The Balaban J connectivity index is 3.37. The van der Waals surface area contributed by atoms with Crippen molar-refractivity contribution in [1.82, 2.24) is 0 Å². The van der Waals surface area contributed by atoms with Crippen LogP contribution in [0.1, 0.15) is 46.5 Å². The largest absolute Gasteiger partial charge is 0.390 e. The molecule has 0 bridgehead atoms. The first-order valence-corrected chi connectivity index (χ1v) is 5.08. The summed E-state index contributed by atoms with van der Waals surface area (Å²) in [5, 5.41) is 9.39. The average molecular weight is 182 g/mol. The Bertz CT molecular complexity index is 160. The smallest absolute Gasteiger partial charge is 0.0626 e. The van der Waals surface area contributed by atoms with Crippen LogP contribution in [-0.4, -0.2) is 10.7 Å². The van der Waals surface area contributed by atoms with Crippen molar-refractivity contribution >= 4 is 0 Å². The molecule has 0 aromatic rings. The van der Waals surface area contributed by atoms with E-state index in [-0.39, 0.29) is 0 Å². The van der Waals surface area contributed by atoms with E-state index >= 15 is 0 Å². The van der Waals surface area contributed by atoms with Crippen LogP contribution in [0.25, 0.3) is 0 Å². The molecule has 76 valence electrons. The molecule has 0 radical (unpaired) electrons. The molecule has 0 aromatic heterocycles. The molecule has 0 fully saturated rings. The molecule has 0 rings (SSSR count). The van der Waals surface area contributed by atoms with Crippen molar-refractivity contribution in [2.24, 2.45) is 0 Å². The van der Waals surface area contributed by atoms with Crippen LogP contribution in [0.2, 0.25) is 0 Å². The second kappa shape index (κ2) is 6.90. The van der Waals surface area contributed by atoms with Crippen LogP contribution in [-0.2, 0) is 0 Å².